The Morgan fingerprint density at radius 1 is 1.32 bits per heavy atom. The summed E-state index contributed by atoms with van der Waals surface area (Å²) in [6.45, 7) is 4.45. The Hall–Kier alpha value is -2.12. The van der Waals surface area contributed by atoms with Crippen molar-refractivity contribution in [3.05, 3.63) is 35.9 Å². The number of carboxylic acid groups (broad SMARTS) is 1. The van der Waals surface area contributed by atoms with Crippen LogP contribution in [0, 0.1) is 0 Å². The fraction of sp³-hybridized carbons (Fsp3) is 0.467. The molecule has 0 aliphatic rings. The van der Waals surface area contributed by atoms with Crippen LogP contribution >= 0.6 is 0 Å². The molecule has 2 N–H and O–H groups in total. The van der Waals surface area contributed by atoms with Crippen molar-refractivity contribution in [1.82, 2.24) is 10.4 Å². The van der Waals surface area contributed by atoms with Crippen molar-refractivity contribution < 1.29 is 24.5 Å². The first-order valence-corrected chi connectivity index (χ1v) is 6.85. The molecule has 0 saturated carbocycles. The van der Waals surface area contributed by atoms with Gasteiger partial charge in [0.1, 0.15) is 5.60 Å². The molecule has 0 fully saturated rings. The number of rotatable bonds is 6. The van der Waals surface area contributed by atoms with E-state index < -0.39 is 30.3 Å². The van der Waals surface area contributed by atoms with Crippen LogP contribution in [0.4, 0.5) is 4.79 Å². The lowest BCUT2D eigenvalue weighted by molar-refractivity contribution is -0.313. The lowest BCUT2D eigenvalue weighted by Crippen LogP contribution is -2.57. The van der Waals surface area contributed by atoms with Crippen LogP contribution in [0.15, 0.2) is 30.3 Å². The number of nitrogens with zero attached hydrogens (tertiary/aromatic N) is 1. The van der Waals surface area contributed by atoms with E-state index >= 15 is 0 Å². The molecule has 1 rings (SSSR count). The van der Waals surface area contributed by atoms with Crippen molar-refractivity contribution in [2.75, 3.05) is 6.61 Å². The molecule has 1 aromatic carbocycles. The van der Waals surface area contributed by atoms with Gasteiger partial charge in [0, 0.05) is 6.54 Å². The SMILES string of the molecule is CC(C)(C)OC(=O)NN(Cc1ccccc1)[C@@H](CO)C(=O)[O-]. The number of carbonyl (C=O) groups excluding carboxylic acids is 2. The number of amides is 1. The van der Waals surface area contributed by atoms with E-state index in [2.05, 4.69) is 5.43 Å². The van der Waals surface area contributed by atoms with Crippen LogP contribution in [0.2, 0.25) is 0 Å². The maximum Gasteiger partial charge on any atom is 0.422 e. The number of hydrazine groups is 1. The van der Waals surface area contributed by atoms with Crippen LogP contribution in [-0.2, 0) is 16.1 Å². The maximum absolute atomic E-state index is 11.8. The van der Waals surface area contributed by atoms with Gasteiger partial charge in [0.15, 0.2) is 0 Å². The topological polar surface area (TPSA) is 102 Å². The molecule has 1 aromatic rings. The second-order valence-electron chi connectivity index (χ2n) is 5.74. The molecule has 0 aliphatic carbocycles. The summed E-state index contributed by atoms with van der Waals surface area (Å²) in [5, 5.41) is 21.4. The Morgan fingerprint density at radius 3 is 2.36 bits per heavy atom. The second kappa shape index (κ2) is 7.77. The third kappa shape index (κ3) is 6.11. The molecule has 7 heteroatoms. The minimum atomic E-state index is -1.49. The van der Waals surface area contributed by atoms with Crippen molar-refractivity contribution in [1.29, 1.82) is 0 Å². The van der Waals surface area contributed by atoms with Gasteiger partial charge >= 0.3 is 6.09 Å². The molecule has 1 atom stereocenters. The fourth-order valence-corrected chi connectivity index (χ4v) is 1.73. The van der Waals surface area contributed by atoms with E-state index in [1.807, 2.05) is 6.07 Å². The highest BCUT2D eigenvalue weighted by Gasteiger charge is 2.24. The molecular weight excluding hydrogens is 288 g/mol. The van der Waals surface area contributed by atoms with Crippen LogP contribution < -0.4 is 10.5 Å². The van der Waals surface area contributed by atoms with Gasteiger partial charge in [0.25, 0.3) is 0 Å². The third-order valence-corrected chi connectivity index (χ3v) is 2.65. The summed E-state index contributed by atoms with van der Waals surface area (Å²) >= 11 is 0. The summed E-state index contributed by atoms with van der Waals surface area (Å²) in [7, 11) is 0. The lowest BCUT2D eigenvalue weighted by Gasteiger charge is -2.32. The fourth-order valence-electron chi connectivity index (χ4n) is 1.73. The average Bonchev–Trinajstić information content (AvgIpc) is 2.37. The van der Waals surface area contributed by atoms with Gasteiger partial charge < -0.3 is 19.7 Å². The summed E-state index contributed by atoms with van der Waals surface area (Å²) in [5.41, 5.74) is 2.38. The Bertz CT molecular complexity index is 498. The second-order valence-corrected chi connectivity index (χ2v) is 5.74. The average molecular weight is 309 g/mol. The van der Waals surface area contributed by atoms with Gasteiger partial charge in [-0.25, -0.2) is 9.80 Å². The first kappa shape index (κ1) is 17.9. The Morgan fingerprint density at radius 2 is 1.91 bits per heavy atom. The first-order chi connectivity index (χ1) is 10.2. The summed E-state index contributed by atoms with van der Waals surface area (Å²) in [5.74, 6) is -1.49. The van der Waals surface area contributed by atoms with E-state index in [0.29, 0.717) is 0 Å². The molecule has 0 spiro atoms. The van der Waals surface area contributed by atoms with Gasteiger partial charge in [-0.1, -0.05) is 30.3 Å². The summed E-state index contributed by atoms with van der Waals surface area (Å²) in [6.07, 6.45) is -0.803. The highest BCUT2D eigenvalue weighted by molar-refractivity contribution is 5.73. The molecule has 22 heavy (non-hydrogen) atoms. The number of aliphatic carboxylic acids is 1. The predicted molar refractivity (Wildman–Crippen MR) is 77.2 cm³/mol. The molecule has 7 nitrogen and oxygen atoms in total. The van der Waals surface area contributed by atoms with Crippen LogP contribution in [0.25, 0.3) is 0 Å². The van der Waals surface area contributed by atoms with Gasteiger partial charge in [0.05, 0.1) is 18.6 Å². The quantitative estimate of drug-likeness (QED) is 0.719. The molecule has 0 radical (unpaired) electrons. The zero-order valence-corrected chi connectivity index (χ0v) is 12.9. The molecule has 0 saturated heterocycles. The molecular formula is C15H21N2O5-. The van der Waals surface area contributed by atoms with E-state index in [1.165, 1.54) is 0 Å². The van der Waals surface area contributed by atoms with E-state index in [-0.39, 0.29) is 6.54 Å². The van der Waals surface area contributed by atoms with E-state index in [0.717, 1.165) is 10.6 Å². The van der Waals surface area contributed by atoms with Gasteiger partial charge in [0.2, 0.25) is 0 Å². The number of carboxylic acids is 1. The summed E-state index contributed by atoms with van der Waals surface area (Å²) in [6, 6.07) is 7.55. The third-order valence-electron chi connectivity index (χ3n) is 2.65. The van der Waals surface area contributed by atoms with Gasteiger partial charge in [-0.2, -0.15) is 0 Å². The first-order valence-electron chi connectivity index (χ1n) is 6.85. The number of hydrogen-bond acceptors (Lipinski definition) is 6. The Balaban J connectivity index is 2.86. The molecule has 0 heterocycles. The van der Waals surface area contributed by atoms with E-state index in [9.17, 15) is 19.8 Å². The molecule has 0 aliphatic heterocycles. The Labute approximate surface area is 129 Å². The standard InChI is InChI=1S/C15H22N2O5/c1-15(2,3)22-14(21)16-17(12(10-18)13(19)20)9-11-7-5-4-6-8-11/h4-8,12,18H,9-10H2,1-3H3,(H,16,21)(H,19,20)/p-1/t12-/m0/s1. The highest BCUT2D eigenvalue weighted by Crippen LogP contribution is 2.09. The zero-order chi connectivity index (χ0) is 16.8. The van der Waals surface area contributed by atoms with Crippen LogP contribution in [0.5, 0.6) is 0 Å². The normalized spacial score (nSPS) is 12.8. The van der Waals surface area contributed by atoms with Crippen molar-refractivity contribution in [3.8, 4) is 0 Å². The molecule has 0 unspecified atom stereocenters. The van der Waals surface area contributed by atoms with Crippen LogP contribution in [-0.4, -0.2) is 40.4 Å². The van der Waals surface area contributed by atoms with Crippen LogP contribution in [0.1, 0.15) is 26.3 Å². The van der Waals surface area contributed by atoms with Crippen LogP contribution in [0.3, 0.4) is 0 Å². The Kier molecular flexibility index (Phi) is 6.33. The molecule has 1 amide bonds. The van der Waals surface area contributed by atoms with E-state index in [4.69, 9.17) is 4.74 Å². The number of nitrogens with one attached hydrogen (secondary N) is 1. The van der Waals surface area contributed by atoms with Crippen molar-refractivity contribution in [3.63, 3.8) is 0 Å². The molecule has 0 bridgehead atoms. The van der Waals surface area contributed by atoms with Gasteiger partial charge in [-0.3, -0.25) is 5.43 Å². The lowest BCUT2D eigenvalue weighted by atomic mass is 10.2. The predicted octanol–water partition coefficient (Wildman–Crippen LogP) is 0.0391. The van der Waals surface area contributed by atoms with Gasteiger partial charge in [-0.05, 0) is 26.3 Å². The monoisotopic (exact) mass is 309 g/mol. The number of aliphatic hydroxyl groups is 1. The summed E-state index contributed by atoms with van der Waals surface area (Å²) in [4.78, 5) is 23.0. The van der Waals surface area contributed by atoms with Crippen molar-refractivity contribution in [2.24, 2.45) is 0 Å². The largest absolute Gasteiger partial charge is 0.548 e. The van der Waals surface area contributed by atoms with Crippen molar-refractivity contribution in [2.45, 2.75) is 39.0 Å². The summed E-state index contributed by atoms with van der Waals surface area (Å²) < 4.78 is 5.09. The minimum absolute atomic E-state index is 0.0826. The van der Waals surface area contributed by atoms with E-state index in [1.54, 1.807) is 45.0 Å². The maximum atomic E-state index is 11.8. The highest BCUT2D eigenvalue weighted by atomic mass is 16.6. The van der Waals surface area contributed by atoms with Gasteiger partial charge in [-0.15, -0.1) is 0 Å². The number of benzene rings is 1. The molecule has 0 aromatic heterocycles. The number of carbonyl (C=O) groups is 2. The smallest absolute Gasteiger partial charge is 0.422 e. The zero-order valence-electron chi connectivity index (χ0n) is 12.9. The minimum Gasteiger partial charge on any atom is -0.548 e. The number of aliphatic hydroxyl groups excluding tert-OH is 1. The molecule has 122 valence electrons. The number of ether oxygens (including phenoxy) is 1. The number of hydrogen-bond donors (Lipinski definition) is 2. The van der Waals surface area contributed by atoms with Crippen molar-refractivity contribution >= 4 is 12.1 Å².